The van der Waals surface area contributed by atoms with Crippen molar-refractivity contribution in [3.8, 4) is 5.88 Å². The van der Waals surface area contributed by atoms with Crippen molar-refractivity contribution in [1.82, 2.24) is 9.97 Å². The normalized spacial score (nSPS) is 20.9. The summed E-state index contributed by atoms with van der Waals surface area (Å²) in [5, 5.41) is 0. The van der Waals surface area contributed by atoms with Crippen LogP contribution in [0.25, 0.3) is 0 Å². The molecule has 0 aromatic carbocycles. The highest BCUT2D eigenvalue weighted by atomic mass is 16.5. The van der Waals surface area contributed by atoms with Crippen molar-refractivity contribution < 1.29 is 9.47 Å². The Hall–Kier alpha value is -1.40. The Morgan fingerprint density at radius 3 is 3.31 bits per heavy atom. The standard InChI is InChI=1S/C10H16N4O2/c1-15-9-2-3-12-10(13-9)14-4-5-16-7-8(14)6-11/h2-3,8H,4-7,11H2,1H3. The lowest BCUT2D eigenvalue weighted by atomic mass is 10.2. The van der Waals surface area contributed by atoms with E-state index in [1.165, 1.54) is 0 Å². The van der Waals surface area contributed by atoms with Gasteiger partial charge in [-0.3, -0.25) is 0 Å². The van der Waals surface area contributed by atoms with Crippen LogP contribution in [-0.4, -0.2) is 49.4 Å². The average molecular weight is 224 g/mol. The number of hydrogen-bond donors (Lipinski definition) is 1. The summed E-state index contributed by atoms with van der Waals surface area (Å²) >= 11 is 0. The molecule has 1 unspecified atom stereocenters. The third-order valence-corrected chi connectivity index (χ3v) is 2.58. The zero-order valence-corrected chi connectivity index (χ0v) is 9.30. The fraction of sp³-hybridized carbons (Fsp3) is 0.600. The third-order valence-electron chi connectivity index (χ3n) is 2.58. The van der Waals surface area contributed by atoms with Crippen molar-refractivity contribution in [2.75, 3.05) is 38.3 Å². The Labute approximate surface area is 94.4 Å². The first-order chi connectivity index (χ1) is 7.85. The topological polar surface area (TPSA) is 73.5 Å². The maximum absolute atomic E-state index is 5.69. The van der Waals surface area contributed by atoms with Crippen LogP contribution in [0.3, 0.4) is 0 Å². The van der Waals surface area contributed by atoms with E-state index in [0.29, 0.717) is 31.6 Å². The van der Waals surface area contributed by atoms with Crippen LogP contribution in [0.4, 0.5) is 5.95 Å². The van der Waals surface area contributed by atoms with Gasteiger partial charge in [0.15, 0.2) is 0 Å². The average Bonchev–Trinajstić information content (AvgIpc) is 2.38. The first kappa shape index (κ1) is 11.1. The van der Waals surface area contributed by atoms with Crippen LogP contribution < -0.4 is 15.4 Å². The third kappa shape index (κ3) is 2.23. The van der Waals surface area contributed by atoms with Gasteiger partial charge in [-0.2, -0.15) is 4.98 Å². The number of hydrogen-bond acceptors (Lipinski definition) is 6. The molecule has 2 N–H and O–H groups in total. The van der Waals surface area contributed by atoms with Gasteiger partial charge < -0.3 is 20.1 Å². The van der Waals surface area contributed by atoms with Crippen LogP contribution in [0, 0.1) is 0 Å². The zero-order chi connectivity index (χ0) is 11.4. The van der Waals surface area contributed by atoms with Crippen LogP contribution in [0.2, 0.25) is 0 Å². The van der Waals surface area contributed by atoms with E-state index < -0.39 is 0 Å². The molecule has 1 aromatic heterocycles. The second kappa shape index (κ2) is 5.09. The highest BCUT2D eigenvalue weighted by Gasteiger charge is 2.24. The fourth-order valence-electron chi connectivity index (χ4n) is 1.70. The Balaban J connectivity index is 2.20. The summed E-state index contributed by atoms with van der Waals surface area (Å²) < 4.78 is 10.4. The van der Waals surface area contributed by atoms with E-state index in [9.17, 15) is 0 Å². The van der Waals surface area contributed by atoms with E-state index in [1.54, 1.807) is 19.4 Å². The monoisotopic (exact) mass is 224 g/mol. The van der Waals surface area contributed by atoms with Crippen molar-refractivity contribution in [2.45, 2.75) is 6.04 Å². The molecule has 0 aliphatic carbocycles. The molecule has 1 aliphatic rings. The lowest BCUT2D eigenvalue weighted by molar-refractivity contribution is 0.0953. The molecular weight excluding hydrogens is 208 g/mol. The van der Waals surface area contributed by atoms with E-state index in [1.807, 2.05) is 0 Å². The van der Waals surface area contributed by atoms with Gasteiger partial charge in [-0.25, -0.2) is 4.98 Å². The highest BCUT2D eigenvalue weighted by molar-refractivity contribution is 5.34. The van der Waals surface area contributed by atoms with Crippen molar-refractivity contribution in [3.63, 3.8) is 0 Å². The Morgan fingerprint density at radius 1 is 1.69 bits per heavy atom. The Morgan fingerprint density at radius 2 is 2.56 bits per heavy atom. The SMILES string of the molecule is COc1ccnc(N2CCOCC2CN)n1. The van der Waals surface area contributed by atoms with Crippen molar-refractivity contribution in [2.24, 2.45) is 5.73 Å². The molecule has 0 amide bonds. The van der Waals surface area contributed by atoms with E-state index in [2.05, 4.69) is 14.9 Å². The summed E-state index contributed by atoms with van der Waals surface area (Å²) in [6.45, 7) is 2.59. The summed E-state index contributed by atoms with van der Waals surface area (Å²) in [7, 11) is 1.59. The molecular formula is C10H16N4O2. The predicted molar refractivity (Wildman–Crippen MR) is 59.6 cm³/mol. The summed E-state index contributed by atoms with van der Waals surface area (Å²) in [6, 6.07) is 1.86. The molecule has 1 aliphatic heterocycles. The van der Waals surface area contributed by atoms with E-state index in [0.717, 1.165) is 6.54 Å². The molecule has 16 heavy (non-hydrogen) atoms. The van der Waals surface area contributed by atoms with Crippen LogP contribution in [0.1, 0.15) is 0 Å². The molecule has 6 nitrogen and oxygen atoms in total. The Kier molecular flexibility index (Phi) is 3.53. The minimum Gasteiger partial charge on any atom is -0.481 e. The molecule has 2 rings (SSSR count). The van der Waals surface area contributed by atoms with E-state index in [-0.39, 0.29) is 6.04 Å². The lowest BCUT2D eigenvalue weighted by Crippen LogP contribution is -2.50. The minimum atomic E-state index is 0.140. The number of morpholine rings is 1. The van der Waals surface area contributed by atoms with Gasteiger partial charge in [0.1, 0.15) is 0 Å². The molecule has 1 fully saturated rings. The van der Waals surface area contributed by atoms with E-state index >= 15 is 0 Å². The molecule has 88 valence electrons. The number of methoxy groups -OCH3 is 1. The van der Waals surface area contributed by atoms with Gasteiger partial charge in [0, 0.05) is 25.4 Å². The minimum absolute atomic E-state index is 0.140. The second-order valence-electron chi connectivity index (χ2n) is 3.56. The molecule has 0 spiro atoms. The van der Waals surface area contributed by atoms with Crippen molar-refractivity contribution in [3.05, 3.63) is 12.3 Å². The van der Waals surface area contributed by atoms with Crippen molar-refractivity contribution >= 4 is 5.95 Å². The van der Waals surface area contributed by atoms with Gasteiger partial charge >= 0.3 is 0 Å². The van der Waals surface area contributed by atoms with Crippen LogP contribution in [0.15, 0.2) is 12.3 Å². The predicted octanol–water partition coefficient (Wildman–Crippen LogP) is -0.351. The quantitative estimate of drug-likeness (QED) is 0.756. The number of nitrogens with zero attached hydrogens (tertiary/aromatic N) is 3. The first-order valence-corrected chi connectivity index (χ1v) is 5.26. The number of aromatic nitrogens is 2. The number of rotatable bonds is 3. The maximum Gasteiger partial charge on any atom is 0.229 e. The van der Waals surface area contributed by atoms with Crippen molar-refractivity contribution in [1.29, 1.82) is 0 Å². The van der Waals surface area contributed by atoms with E-state index in [4.69, 9.17) is 15.2 Å². The van der Waals surface area contributed by atoms with Crippen LogP contribution >= 0.6 is 0 Å². The molecule has 1 saturated heterocycles. The second-order valence-corrected chi connectivity index (χ2v) is 3.56. The fourth-order valence-corrected chi connectivity index (χ4v) is 1.70. The molecule has 6 heteroatoms. The molecule has 2 heterocycles. The van der Waals surface area contributed by atoms with Gasteiger partial charge in [-0.1, -0.05) is 0 Å². The largest absolute Gasteiger partial charge is 0.481 e. The smallest absolute Gasteiger partial charge is 0.229 e. The molecule has 0 bridgehead atoms. The van der Waals surface area contributed by atoms with Crippen LogP contribution in [-0.2, 0) is 4.74 Å². The highest BCUT2D eigenvalue weighted by Crippen LogP contribution is 2.16. The number of anilines is 1. The van der Waals surface area contributed by atoms with Gasteiger partial charge in [-0.15, -0.1) is 0 Å². The lowest BCUT2D eigenvalue weighted by Gasteiger charge is -2.34. The van der Waals surface area contributed by atoms with Gasteiger partial charge in [0.2, 0.25) is 11.8 Å². The molecule has 0 radical (unpaired) electrons. The maximum atomic E-state index is 5.69. The van der Waals surface area contributed by atoms with Gasteiger partial charge in [-0.05, 0) is 0 Å². The number of ether oxygens (including phenoxy) is 2. The number of nitrogens with two attached hydrogens (primary N) is 1. The molecule has 0 saturated carbocycles. The zero-order valence-electron chi connectivity index (χ0n) is 9.30. The summed E-state index contributed by atoms with van der Waals surface area (Å²) in [4.78, 5) is 10.6. The summed E-state index contributed by atoms with van der Waals surface area (Å²) in [6.07, 6.45) is 1.68. The molecule has 1 aromatic rings. The summed E-state index contributed by atoms with van der Waals surface area (Å²) in [5.41, 5.74) is 5.69. The first-order valence-electron chi connectivity index (χ1n) is 5.26. The Bertz CT molecular complexity index is 347. The summed E-state index contributed by atoms with van der Waals surface area (Å²) in [5.74, 6) is 1.21. The van der Waals surface area contributed by atoms with Crippen LogP contribution in [0.5, 0.6) is 5.88 Å². The van der Waals surface area contributed by atoms with Gasteiger partial charge in [0.25, 0.3) is 0 Å². The van der Waals surface area contributed by atoms with Gasteiger partial charge in [0.05, 0.1) is 26.4 Å². The molecule has 1 atom stereocenters.